The van der Waals surface area contributed by atoms with Crippen molar-refractivity contribution in [2.75, 3.05) is 14.2 Å². The van der Waals surface area contributed by atoms with Gasteiger partial charge in [-0.15, -0.1) is 10.2 Å². The summed E-state index contributed by atoms with van der Waals surface area (Å²) in [4.78, 5) is 5.06. The third kappa shape index (κ3) is 2.80. The lowest BCUT2D eigenvalue weighted by Crippen LogP contribution is -1.99. The van der Waals surface area contributed by atoms with Gasteiger partial charge in [-0.2, -0.15) is 9.61 Å². The van der Waals surface area contributed by atoms with Gasteiger partial charge in [-0.25, -0.2) is 0 Å². The molecule has 8 heteroatoms. The highest BCUT2D eigenvalue weighted by Gasteiger charge is 2.18. The van der Waals surface area contributed by atoms with Crippen molar-refractivity contribution in [2.45, 2.75) is 6.42 Å². The SMILES string of the molecule is COc1cccc(-c2nn3c(Cc4ccccn4)nnc3s2)c1OC. The number of pyridine rings is 1. The highest BCUT2D eigenvalue weighted by molar-refractivity contribution is 7.19. The number of nitrogens with zero attached hydrogens (tertiary/aromatic N) is 5. The average Bonchev–Trinajstić information content (AvgIpc) is 3.23. The molecule has 0 radical (unpaired) electrons. The molecule has 3 aromatic heterocycles. The zero-order valence-corrected chi connectivity index (χ0v) is 14.5. The average molecular weight is 353 g/mol. The van der Waals surface area contributed by atoms with Crippen molar-refractivity contribution in [1.82, 2.24) is 24.8 Å². The van der Waals surface area contributed by atoms with Gasteiger partial charge in [0, 0.05) is 11.9 Å². The monoisotopic (exact) mass is 353 g/mol. The third-order valence-corrected chi connectivity index (χ3v) is 4.69. The van der Waals surface area contributed by atoms with E-state index in [2.05, 4.69) is 20.3 Å². The standard InChI is InChI=1S/C17H15N5O2S/c1-23-13-8-5-7-12(15(13)24-2)16-21-22-14(19-20-17(22)25-16)10-11-6-3-4-9-18-11/h3-9H,10H2,1-2H3. The van der Waals surface area contributed by atoms with Crippen LogP contribution >= 0.6 is 11.3 Å². The molecule has 126 valence electrons. The minimum atomic E-state index is 0.570. The normalized spacial score (nSPS) is 11.0. The van der Waals surface area contributed by atoms with E-state index >= 15 is 0 Å². The molecule has 0 amide bonds. The third-order valence-electron chi connectivity index (χ3n) is 3.75. The number of fused-ring (bicyclic) bond motifs is 1. The second-order valence-electron chi connectivity index (χ2n) is 5.26. The van der Waals surface area contributed by atoms with Gasteiger partial charge < -0.3 is 9.47 Å². The maximum absolute atomic E-state index is 5.51. The number of ether oxygens (including phenoxy) is 2. The quantitative estimate of drug-likeness (QED) is 0.549. The summed E-state index contributed by atoms with van der Waals surface area (Å²) in [6, 6.07) is 11.5. The first-order valence-electron chi connectivity index (χ1n) is 7.62. The zero-order valence-electron chi connectivity index (χ0n) is 13.7. The summed E-state index contributed by atoms with van der Waals surface area (Å²) in [6.45, 7) is 0. The molecule has 0 spiro atoms. The molecule has 0 aliphatic rings. The van der Waals surface area contributed by atoms with Crippen LogP contribution in [0.2, 0.25) is 0 Å². The maximum Gasteiger partial charge on any atom is 0.234 e. The van der Waals surface area contributed by atoms with Crippen LogP contribution in [0.4, 0.5) is 0 Å². The van der Waals surface area contributed by atoms with Crippen LogP contribution in [0.3, 0.4) is 0 Å². The summed E-state index contributed by atoms with van der Waals surface area (Å²) in [6.07, 6.45) is 2.33. The first kappa shape index (κ1) is 15.5. The van der Waals surface area contributed by atoms with Gasteiger partial charge >= 0.3 is 0 Å². The topological polar surface area (TPSA) is 74.4 Å². The Labute approximate surface area is 147 Å². The smallest absolute Gasteiger partial charge is 0.234 e. The van der Waals surface area contributed by atoms with Crippen molar-refractivity contribution < 1.29 is 9.47 Å². The number of aromatic nitrogens is 5. The van der Waals surface area contributed by atoms with Gasteiger partial charge in [0.1, 0.15) is 0 Å². The Morgan fingerprint density at radius 3 is 2.72 bits per heavy atom. The van der Waals surface area contributed by atoms with E-state index in [1.165, 1.54) is 11.3 Å². The fraction of sp³-hybridized carbons (Fsp3) is 0.176. The fourth-order valence-corrected chi connectivity index (χ4v) is 3.48. The van der Waals surface area contributed by atoms with Crippen LogP contribution in [0, 0.1) is 0 Å². The lowest BCUT2D eigenvalue weighted by molar-refractivity contribution is 0.356. The number of benzene rings is 1. The Balaban J connectivity index is 1.76. The Morgan fingerprint density at radius 2 is 1.96 bits per heavy atom. The minimum Gasteiger partial charge on any atom is -0.493 e. The van der Waals surface area contributed by atoms with Crippen LogP contribution in [0.5, 0.6) is 11.5 Å². The predicted molar refractivity (Wildman–Crippen MR) is 94.2 cm³/mol. The van der Waals surface area contributed by atoms with Gasteiger partial charge in [0.25, 0.3) is 0 Å². The van der Waals surface area contributed by atoms with Gasteiger partial charge in [-0.05, 0) is 24.3 Å². The maximum atomic E-state index is 5.51. The summed E-state index contributed by atoms with van der Waals surface area (Å²) in [5, 5.41) is 13.9. The van der Waals surface area contributed by atoms with E-state index in [1.54, 1.807) is 24.9 Å². The molecule has 0 fully saturated rings. The van der Waals surface area contributed by atoms with Crippen molar-refractivity contribution in [3.05, 3.63) is 54.1 Å². The van der Waals surface area contributed by atoms with Crippen molar-refractivity contribution in [2.24, 2.45) is 0 Å². The molecule has 0 bridgehead atoms. The highest BCUT2D eigenvalue weighted by Crippen LogP contribution is 2.39. The van der Waals surface area contributed by atoms with Gasteiger partial charge in [-0.1, -0.05) is 23.5 Å². The Bertz CT molecular complexity index is 1010. The number of methoxy groups -OCH3 is 2. The van der Waals surface area contributed by atoms with E-state index in [0.717, 1.165) is 27.1 Å². The fourth-order valence-electron chi connectivity index (χ4n) is 2.60. The number of para-hydroxylation sites is 1. The summed E-state index contributed by atoms with van der Waals surface area (Å²) in [5.41, 5.74) is 1.78. The van der Waals surface area contributed by atoms with Crippen LogP contribution in [-0.2, 0) is 6.42 Å². The van der Waals surface area contributed by atoms with Crippen LogP contribution < -0.4 is 9.47 Å². The van der Waals surface area contributed by atoms with Crippen molar-refractivity contribution >= 4 is 16.3 Å². The van der Waals surface area contributed by atoms with Crippen molar-refractivity contribution in [1.29, 1.82) is 0 Å². The van der Waals surface area contributed by atoms with Gasteiger partial charge in [-0.3, -0.25) is 4.98 Å². The molecule has 0 aliphatic carbocycles. The van der Waals surface area contributed by atoms with Crippen LogP contribution in [-0.4, -0.2) is 39.0 Å². The van der Waals surface area contributed by atoms with E-state index < -0.39 is 0 Å². The molecule has 3 heterocycles. The molecule has 4 aromatic rings. The summed E-state index contributed by atoms with van der Waals surface area (Å²) in [7, 11) is 3.24. The molecule has 25 heavy (non-hydrogen) atoms. The molecule has 4 rings (SSSR count). The number of rotatable bonds is 5. The second kappa shape index (κ2) is 6.48. The molecule has 0 atom stereocenters. The largest absolute Gasteiger partial charge is 0.493 e. The molecule has 0 aliphatic heterocycles. The van der Waals surface area contributed by atoms with E-state index in [9.17, 15) is 0 Å². The first-order chi connectivity index (χ1) is 12.3. The number of hydrogen-bond donors (Lipinski definition) is 0. The van der Waals surface area contributed by atoms with Crippen LogP contribution in [0.1, 0.15) is 11.5 Å². The van der Waals surface area contributed by atoms with Crippen molar-refractivity contribution in [3.63, 3.8) is 0 Å². The van der Waals surface area contributed by atoms with Crippen molar-refractivity contribution in [3.8, 4) is 22.1 Å². The van der Waals surface area contributed by atoms with Gasteiger partial charge in [0.15, 0.2) is 22.3 Å². The lowest BCUT2D eigenvalue weighted by Gasteiger charge is -2.10. The Kier molecular flexibility index (Phi) is 4.02. The molecule has 0 saturated carbocycles. The van der Waals surface area contributed by atoms with E-state index in [-0.39, 0.29) is 0 Å². The predicted octanol–water partition coefficient (Wildman–Crippen LogP) is 2.86. The first-order valence-corrected chi connectivity index (χ1v) is 8.44. The van der Waals surface area contributed by atoms with Crippen LogP contribution in [0.25, 0.3) is 15.5 Å². The van der Waals surface area contributed by atoms with E-state index in [4.69, 9.17) is 9.47 Å². The molecule has 7 nitrogen and oxygen atoms in total. The molecular weight excluding hydrogens is 338 g/mol. The second-order valence-corrected chi connectivity index (χ2v) is 6.21. The molecular formula is C17H15N5O2S. The molecule has 0 saturated heterocycles. The summed E-state index contributed by atoms with van der Waals surface area (Å²) < 4.78 is 12.6. The number of hydrogen-bond acceptors (Lipinski definition) is 7. The molecule has 1 aromatic carbocycles. The minimum absolute atomic E-state index is 0.570. The van der Waals surface area contributed by atoms with Crippen LogP contribution in [0.15, 0.2) is 42.6 Å². The Morgan fingerprint density at radius 1 is 1.04 bits per heavy atom. The lowest BCUT2D eigenvalue weighted by atomic mass is 10.2. The summed E-state index contributed by atoms with van der Waals surface area (Å²) in [5.74, 6) is 2.07. The van der Waals surface area contributed by atoms with E-state index in [0.29, 0.717) is 17.9 Å². The highest BCUT2D eigenvalue weighted by atomic mass is 32.1. The molecule has 0 N–H and O–H groups in total. The zero-order chi connectivity index (χ0) is 17.2. The Hall–Kier alpha value is -3.00. The van der Waals surface area contributed by atoms with Gasteiger partial charge in [0.05, 0.1) is 26.2 Å². The molecule has 0 unspecified atom stereocenters. The van der Waals surface area contributed by atoms with E-state index in [1.807, 2.05) is 36.4 Å². The summed E-state index contributed by atoms with van der Waals surface area (Å²) >= 11 is 1.45. The van der Waals surface area contributed by atoms with Gasteiger partial charge in [0.2, 0.25) is 4.96 Å².